The molecule has 0 unspecified atom stereocenters. The first-order valence-electron chi connectivity index (χ1n) is 6.02. The van der Waals surface area contributed by atoms with Crippen molar-refractivity contribution in [2.45, 2.75) is 13.0 Å². The summed E-state index contributed by atoms with van der Waals surface area (Å²) in [5.41, 5.74) is 2.40. The number of ether oxygens (including phenoxy) is 1. The third kappa shape index (κ3) is 2.85. The van der Waals surface area contributed by atoms with Gasteiger partial charge in [-0.25, -0.2) is 4.98 Å². The minimum absolute atomic E-state index is 0.636. The lowest BCUT2D eigenvalue weighted by molar-refractivity contribution is 0.354. The fourth-order valence-corrected chi connectivity index (χ4v) is 2.81. The molecule has 0 aliphatic carbocycles. The lowest BCUT2D eigenvalue weighted by Gasteiger charge is -2.10. The summed E-state index contributed by atoms with van der Waals surface area (Å²) in [6, 6.07) is 7.87. The molecule has 5 heteroatoms. The van der Waals surface area contributed by atoms with Crippen LogP contribution in [0.25, 0.3) is 0 Å². The van der Waals surface area contributed by atoms with Gasteiger partial charge in [0, 0.05) is 29.2 Å². The Morgan fingerprint density at radius 3 is 3.05 bits per heavy atom. The minimum Gasteiger partial charge on any atom is -0.493 e. The lowest BCUT2D eigenvalue weighted by Crippen LogP contribution is -2.03. The number of rotatable bonds is 3. The largest absolute Gasteiger partial charge is 0.493 e. The summed E-state index contributed by atoms with van der Waals surface area (Å²) in [7, 11) is 0. The molecule has 3 rings (SSSR count). The molecule has 0 atom stereocenters. The molecule has 0 amide bonds. The first-order chi connectivity index (χ1) is 9.22. The molecular weight excluding hydrogens is 328 g/mol. The molecule has 0 saturated heterocycles. The highest BCUT2D eigenvalue weighted by Gasteiger charge is 2.17. The van der Waals surface area contributed by atoms with Crippen LogP contribution in [0.3, 0.4) is 0 Å². The molecule has 1 N–H and O–H groups in total. The number of nitrogens with zero attached hydrogens (tertiary/aromatic N) is 1. The van der Waals surface area contributed by atoms with Crippen LogP contribution in [0.5, 0.6) is 5.75 Å². The Hall–Kier alpha value is -1.26. The predicted octanol–water partition coefficient (Wildman–Crippen LogP) is 4.04. The number of hydrogen-bond acceptors (Lipinski definition) is 3. The quantitative estimate of drug-likeness (QED) is 0.916. The van der Waals surface area contributed by atoms with Crippen LogP contribution in [-0.4, -0.2) is 11.6 Å². The first-order valence-corrected chi connectivity index (χ1v) is 7.19. The van der Waals surface area contributed by atoms with E-state index in [1.165, 1.54) is 5.56 Å². The second kappa shape index (κ2) is 5.39. The molecule has 3 nitrogen and oxygen atoms in total. The van der Waals surface area contributed by atoms with Crippen molar-refractivity contribution < 1.29 is 4.74 Å². The molecule has 0 spiro atoms. The Morgan fingerprint density at radius 1 is 1.37 bits per heavy atom. The molecular formula is C14H12BrClN2O. The van der Waals surface area contributed by atoms with Crippen molar-refractivity contribution in [1.29, 1.82) is 0 Å². The summed E-state index contributed by atoms with van der Waals surface area (Å²) in [6.45, 7) is 1.44. The van der Waals surface area contributed by atoms with Gasteiger partial charge in [0.1, 0.15) is 11.6 Å². The van der Waals surface area contributed by atoms with Gasteiger partial charge in [-0.15, -0.1) is 0 Å². The van der Waals surface area contributed by atoms with E-state index < -0.39 is 0 Å². The smallest absolute Gasteiger partial charge is 0.127 e. The summed E-state index contributed by atoms with van der Waals surface area (Å²) in [6.07, 6.45) is 2.60. The van der Waals surface area contributed by atoms with Crippen LogP contribution in [0, 0.1) is 0 Å². The van der Waals surface area contributed by atoms with Gasteiger partial charge in [-0.3, -0.25) is 0 Å². The maximum absolute atomic E-state index is 5.81. The molecule has 0 saturated carbocycles. The van der Waals surface area contributed by atoms with Gasteiger partial charge in [0.2, 0.25) is 0 Å². The van der Waals surface area contributed by atoms with Crippen molar-refractivity contribution in [1.82, 2.24) is 4.98 Å². The van der Waals surface area contributed by atoms with Gasteiger partial charge in [-0.2, -0.15) is 0 Å². The second-order valence-electron chi connectivity index (χ2n) is 4.37. The van der Waals surface area contributed by atoms with Crippen LogP contribution in [0.2, 0.25) is 5.02 Å². The second-order valence-corrected chi connectivity index (χ2v) is 5.72. The number of hydrogen-bond donors (Lipinski definition) is 1. The fourth-order valence-electron chi connectivity index (χ4n) is 2.14. The predicted molar refractivity (Wildman–Crippen MR) is 79.9 cm³/mol. The topological polar surface area (TPSA) is 34.1 Å². The van der Waals surface area contributed by atoms with Crippen molar-refractivity contribution in [3.63, 3.8) is 0 Å². The standard InChI is InChI=1S/C14H12BrClN2O/c15-11-5-9-3-4-19-14(9)10(6-11)7-17-13-2-1-12(16)8-18-13/h1-2,5-6,8H,3-4,7H2,(H,17,18). The highest BCUT2D eigenvalue weighted by Crippen LogP contribution is 2.33. The Bertz CT molecular complexity index is 601. The van der Waals surface area contributed by atoms with E-state index in [0.29, 0.717) is 11.6 Å². The molecule has 1 aromatic heterocycles. The zero-order valence-electron chi connectivity index (χ0n) is 10.1. The van der Waals surface area contributed by atoms with Crippen LogP contribution >= 0.6 is 27.5 Å². The van der Waals surface area contributed by atoms with E-state index in [9.17, 15) is 0 Å². The minimum atomic E-state index is 0.636. The molecule has 0 radical (unpaired) electrons. The number of fused-ring (bicyclic) bond motifs is 1. The van der Waals surface area contributed by atoms with Crippen LogP contribution in [0.4, 0.5) is 5.82 Å². The first kappa shape index (κ1) is 12.8. The van der Waals surface area contributed by atoms with E-state index in [1.54, 1.807) is 6.20 Å². The van der Waals surface area contributed by atoms with Gasteiger partial charge in [0.25, 0.3) is 0 Å². The molecule has 0 bridgehead atoms. The average Bonchev–Trinajstić information content (AvgIpc) is 2.85. The van der Waals surface area contributed by atoms with E-state index in [4.69, 9.17) is 16.3 Å². The van der Waals surface area contributed by atoms with Gasteiger partial charge in [-0.05, 0) is 29.8 Å². The summed E-state index contributed by atoms with van der Waals surface area (Å²) < 4.78 is 6.77. The van der Waals surface area contributed by atoms with Crippen LogP contribution in [0.15, 0.2) is 34.9 Å². The normalized spacial score (nSPS) is 12.9. The highest BCUT2D eigenvalue weighted by atomic mass is 79.9. The summed E-state index contributed by atoms with van der Waals surface area (Å²) in [5.74, 6) is 1.81. The Labute approximate surface area is 125 Å². The monoisotopic (exact) mass is 338 g/mol. The number of benzene rings is 1. The third-order valence-electron chi connectivity index (χ3n) is 3.01. The van der Waals surface area contributed by atoms with Crippen molar-refractivity contribution >= 4 is 33.3 Å². The summed E-state index contributed by atoms with van der Waals surface area (Å²) in [5, 5.41) is 3.91. The van der Waals surface area contributed by atoms with Crippen molar-refractivity contribution in [3.8, 4) is 5.75 Å². The molecule has 1 aliphatic rings. The molecule has 2 heterocycles. The molecule has 0 fully saturated rings. The number of pyridine rings is 1. The molecule has 19 heavy (non-hydrogen) atoms. The van der Waals surface area contributed by atoms with E-state index in [2.05, 4.69) is 38.4 Å². The summed E-state index contributed by atoms with van der Waals surface area (Å²) in [4.78, 5) is 4.21. The van der Waals surface area contributed by atoms with Gasteiger partial charge in [0.05, 0.1) is 11.6 Å². The lowest BCUT2D eigenvalue weighted by atomic mass is 10.1. The van der Waals surface area contributed by atoms with E-state index in [1.807, 2.05) is 12.1 Å². The number of aromatic nitrogens is 1. The Morgan fingerprint density at radius 2 is 2.26 bits per heavy atom. The zero-order valence-corrected chi connectivity index (χ0v) is 12.5. The van der Waals surface area contributed by atoms with Crippen molar-refractivity contribution in [3.05, 3.63) is 51.1 Å². The van der Waals surface area contributed by atoms with Gasteiger partial charge in [-0.1, -0.05) is 27.5 Å². The SMILES string of the molecule is Clc1ccc(NCc2cc(Br)cc3c2OCC3)nc1. The van der Waals surface area contributed by atoms with Gasteiger partial charge < -0.3 is 10.1 Å². The summed E-state index contributed by atoms with van der Waals surface area (Å²) >= 11 is 9.34. The maximum Gasteiger partial charge on any atom is 0.127 e. The Balaban J connectivity index is 1.78. The zero-order chi connectivity index (χ0) is 13.2. The van der Waals surface area contributed by atoms with E-state index in [-0.39, 0.29) is 0 Å². The van der Waals surface area contributed by atoms with Crippen LogP contribution in [0.1, 0.15) is 11.1 Å². The molecule has 98 valence electrons. The van der Waals surface area contributed by atoms with Crippen LogP contribution < -0.4 is 10.1 Å². The molecule has 1 aliphatic heterocycles. The van der Waals surface area contributed by atoms with Gasteiger partial charge in [0.15, 0.2) is 0 Å². The van der Waals surface area contributed by atoms with E-state index in [0.717, 1.165) is 34.6 Å². The third-order valence-corrected chi connectivity index (χ3v) is 3.69. The molecule has 1 aromatic carbocycles. The highest BCUT2D eigenvalue weighted by molar-refractivity contribution is 9.10. The number of nitrogens with one attached hydrogen (secondary N) is 1. The van der Waals surface area contributed by atoms with Crippen molar-refractivity contribution in [2.24, 2.45) is 0 Å². The van der Waals surface area contributed by atoms with E-state index >= 15 is 0 Å². The average molecular weight is 340 g/mol. The maximum atomic E-state index is 5.81. The number of anilines is 1. The van der Waals surface area contributed by atoms with Crippen LogP contribution in [-0.2, 0) is 13.0 Å². The van der Waals surface area contributed by atoms with Gasteiger partial charge >= 0.3 is 0 Å². The Kier molecular flexibility index (Phi) is 3.62. The fraction of sp³-hybridized carbons (Fsp3) is 0.214. The van der Waals surface area contributed by atoms with Crippen molar-refractivity contribution in [2.75, 3.05) is 11.9 Å². The molecule has 2 aromatic rings. The number of halogens is 2.